The lowest BCUT2D eigenvalue weighted by molar-refractivity contribution is 0.0713. The van der Waals surface area contributed by atoms with Crippen molar-refractivity contribution in [3.05, 3.63) is 0 Å². The molecule has 0 saturated carbocycles. The Morgan fingerprint density at radius 2 is 1.83 bits per heavy atom. The molecule has 1 saturated heterocycles. The van der Waals surface area contributed by atoms with Crippen LogP contribution < -0.4 is 5.32 Å². The molecule has 1 atom stereocenters. The molecule has 1 heterocycles. The highest BCUT2D eigenvalue weighted by Gasteiger charge is 2.31. The van der Waals surface area contributed by atoms with Crippen molar-refractivity contribution >= 4 is 0 Å². The highest BCUT2D eigenvalue weighted by atomic mass is 15.2. The highest BCUT2D eigenvalue weighted by molar-refractivity contribution is 4.86. The standard InChI is InChI=1S/C16H34N2/c1-5-15-11-9-10-12-18(15)14-16(6-2,7-3)13-17-8-4/h15,17H,5-14H2,1-4H3. The molecule has 0 radical (unpaired) electrons. The number of rotatable bonds is 8. The fourth-order valence-corrected chi connectivity index (χ4v) is 3.33. The second-order valence-corrected chi connectivity index (χ2v) is 6.02. The quantitative estimate of drug-likeness (QED) is 0.711. The Hall–Kier alpha value is -0.0800. The zero-order valence-corrected chi connectivity index (χ0v) is 13.1. The van der Waals surface area contributed by atoms with Gasteiger partial charge >= 0.3 is 0 Å². The fourth-order valence-electron chi connectivity index (χ4n) is 3.33. The number of nitrogens with one attached hydrogen (secondary N) is 1. The topological polar surface area (TPSA) is 15.3 Å². The largest absolute Gasteiger partial charge is 0.316 e. The van der Waals surface area contributed by atoms with Gasteiger partial charge in [-0.3, -0.25) is 4.90 Å². The first-order chi connectivity index (χ1) is 8.71. The Morgan fingerprint density at radius 3 is 2.39 bits per heavy atom. The molecule has 1 aliphatic heterocycles. The minimum Gasteiger partial charge on any atom is -0.316 e. The molecule has 1 unspecified atom stereocenters. The average Bonchev–Trinajstić information content (AvgIpc) is 2.44. The Labute approximate surface area is 115 Å². The number of hydrogen-bond acceptors (Lipinski definition) is 2. The smallest absolute Gasteiger partial charge is 0.00928 e. The van der Waals surface area contributed by atoms with Crippen LogP contribution in [0.3, 0.4) is 0 Å². The fraction of sp³-hybridized carbons (Fsp3) is 1.00. The molecule has 0 spiro atoms. The summed E-state index contributed by atoms with van der Waals surface area (Å²) in [6.45, 7) is 14.2. The van der Waals surface area contributed by atoms with E-state index in [1.807, 2.05) is 0 Å². The van der Waals surface area contributed by atoms with E-state index in [9.17, 15) is 0 Å². The number of nitrogens with zero attached hydrogens (tertiary/aromatic N) is 1. The third-order valence-corrected chi connectivity index (χ3v) is 5.01. The van der Waals surface area contributed by atoms with Crippen LogP contribution in [-0.4, -0.2) is 37.1 Å². The van der Waals surface area contributed by atoms with E-state index >= 15 is 0 Å². The Kier molecular flexibility index (Phi) is 7.25. The van der Waals surface area contributed by atoms with Gasteiger partial charge in [0, 0.05) is 19.1 Å². The molecule has 1 rings (SSSR count). The van der Waals surface area contributed by atoms with Crippen LogP contribution in [0.15, 0.2) is 0 Å². The average molecular weight is 254 g/mol. The van der Waals surface area contributed by atoms with Gasteiger partial charge in [0.2, 0.25) is 0 Å². The van der Waals surface area contributed by atoms with Crippen LogP contribution >= 0.6 is 0 Å². The maximum Gasteiger partial charge on any atom is 0.00928 e. The minimum absolute atomic E-state index is 0.487. The van der Waals surface area contributed by atoms with Crippen LogP contribution in [0.2, 0.25) is 0 Å². The van der Waals surface area contributed by atoms with Crippen molar-refractivity contribution < 1.29 is 0 Å². The van der Waals surface area contributed by atoms with Crippen LogP contribution in [0.5, 0.6) is 0 Å². The van der Waals surface area contributed by atoms with Gasteiger partial charge in [-0.05, 0) is 50.6 Å². The number of piperidine rings is 1. The van der Waals surface area contributed by atoms with Crippen LogP contribution in [0, 0.1) is 5.41 Å². The van der Waals surface area contributed by atoms with Crippen molar-refractivity contribution in [2.45, 2.75) is 72.3 Å². The second kappa shape index (κ2) is 8.16. The van der Waals surface area contributed by atoms with Crippen molar-refractivity contribution in [1.29, 1.82) is 0 Å². The molecular formula is C16H34N2. The summed E-state index contributed by atoms with van der Waals surface area (Å²) in [4.78, 5) is 2.79. The lowest BCUT2D eigenvalue weighted by Crippen LogP contribution is -2.49. The molecule has 0 aromatic heterocycles. The molecule has 1 N–H and O–H groups in total. The predicted octanol–water partition coefficient (Wildman–Crippen LogP) is 3.67. The van der Waals surface area contributed by atoms with Crippen LogP contribution in [0.25, 0.3) is 0 Å². The van der Waals surface area contributed by atoms with Gasteiger partial charge in [-0.25, -0.2) is 0 Å². The van der Waals surface area contributed by atoms with E-state index in [0.717, 1.165) is 12.6 Å². The van der Waals surface area contributed by atoms with Crippen LogP contribution in [0.4, 0.5) is 0 Å². The molecule has 0 bridgehead atoms. The zero-order valence-electron chi connectivity index (χ0n) is 13.1. The molecule has 2 nitrogen and oxygen atoms in total. The van der Waals surface area contributed by atoms with Crippen molar-refractivity contribution in [1.82, 2.24) is 10.2 Å². The first kappa shape index (κ1) is 16.0. The predicted molar refractivity (Wildman–Crippen MR) is 81.1 cm³/mol. The monoisotopic (exact) mass is 254 g/mol. The second-order valence-electron chi connectivity index (χ2n) is 6.02. The first-order valence-electron chi connectivity index (χ1n) is 8.16. The van der Waals surface area contributed by atoms with Gasteiger partial charge in [0.25, 0.3) is 0 Å². The molecule has 0 aromatic carbocycles. The summed E-state index contributed by atoms with van der Waals surface area (Å²) in [5.41, 5.74) is 0.487. The summed E-state index contributed by atoms with van der Waals surface area (Å²) in [6, 6.07) is 0.845. The Balaban J connectivity index is 2.62. The van der Waals surface area contributed by atoms with Gasteiger partial charge in [-0.15, -0.1) is 0 Å². The maximum atomic E-state index is 3.59. The molecule has 0 aliphatic carbocycles. The van der Waals surface area contributed by atoms with E-state index in [2.05, 4.69) is 37.9 Å². The lowest BCUT2D eigenvalue weighted by atomic mass is 9.80. The van der Waals surface area contributed by atoms with Crippen molar-refractivity contribution in [3.63, 3.8) is 0 Å². The maximum absolute atomic E-state index is 3.59. The molecule has 0 aromatic rings. The minimum atomic E-state index is 0.487. The van der Waals surface area contributed by atoms with E-state index in [1.165, 1.54) is 58.2 Å². The van der Waals surface area contributed by atoms with E-state index in [4.69, 9.17) is 0 Å². The van der Waals surface area contributed by atoms with Gasteiger partial charge in [0.05, 0.1) is 0 Å². The molecule has 18 heavy (non-hydrogen) atoms. The van der Waals surface area contributed by atoms with E-state index < -0.39 is 0 Å². The number of likely N-dealkylation sites (tertiary alicyclic amines) is 1. The summed E-state index contributed by atoms with van der Waals surface area (Å²) >= 11 is 0. The molecule has 1 aliphatic rings. The summed E-state index contributed by atoms with van der Waals surface area (Å²) in [5, 5.41) is 3.59. The summed E-state index contributed by atoms with van der Waals surface area (Å²) in [7, 11) is 0. The normalized spacial score (nSPS) is 22.3. The summed E-state index contributed by atoms with van der Waals surface area (Å²) < 4.78 is 0. The molecule has 1 fully saturated rings. The highest BCUT2D eigenvalue weighted by Crippen LogP contribution is 2.30. The van der Waals surface area contributed by atoms with Gasteiger partial charge in [0.1, 0.15) is 0 Å². The molecule has 108 valence electrons. The van der Waals surface area contributed by atoms with E-state index in [-0.39, 0.29) is 0 Å². The number of hydrogen-bond donors (Lipinski definition) is 1. The van der Waals surface area contributed by atoms with Gasteiger partial charge < -0.3 is 5.32 Å². The van der Waals surface area contributed by atoms with E-state index in [1.54, 1.807) is 0 Å². The van der Waals surface area contributed by atoms with Gasteiger partial charge in [-0.1, -0.05) is 34.1 Å². The summed E-state index contributed by atoms with van der Waals surface area (Å²) in [6.07, 6.45) is 8.17. The van der Waals surface area contributed by atoms with Crippen LogP contribution in [0.1, 0.15) is 66.2 Å². The van der Waals surface area contributed by atoms with Crippen LogP contribution in [-0.2, 0) is 0 Å². The van der Waals surface area contributed by atoms with Gasteiger partial charge in [0.15, 0.2) is 0 Å². The van der Waals surface area contributed by atoms with E-state index in [0.29, 0.717) is 5.41 Å². The third kappa shape index (κ3) is 4.24. The van der Waals surface area contributed by atoms with Gasteiger partial charge in [-0.2, -0.15) is 0 Å². The first-order valence-corrected chi connectivity index (χ1v) is 8.16. The molecular weight excluding hydrogens is 220 g/mol. The summed E-state index contributed by atoms with van der Waals surface area (Å²) in [5.74, 6) is 0. The third-order valence-electron chi connectivity index (χ3n) is 5.01. The Morgan fingerprint density at radius 1 is 1.11 bits per heavy atom. The SMILES string of the molecule is CCNCC(CC)(CC)CN1CCCCC1CC. The Bertz CT molecular complexity index is 211. The van der Waals surface area contributed by atoms with Crippen molar-refractivity contribution in [2.75, 3.05) is 26.2 Å². The molecule has 2 heteroatoms. The lowest BCUT2D eigenvalue weighted by Gasteiger charge is -2.43. The van der Waals surface area contributed by atoms with Crippen molar-refractivity contribution in [3.8, 4) is 0 Å². The zero-order chi connectivity index (χ0) is 13.4. The molecule has 0 amide bonds. The van der Waals surface area contributed by atoms with Crippen molar-refractivity contribution in [2.24, 2.45) is 5.41 Å².